The number of piperidine rings is 1. The molecule has 1 saturated heterocycles. The molecule has 1 heterocycles. The van der Waals surface area contributed by atoms with Gasteiger partial charge in [0.05, 0.1) is 5.57 Å². The summed E-state index contributed by atoms with van der Waals surface area (Å²) in [5.74, 6) is -0.182. The van der Waals surface area contributed by atoms with Crippen molar-refractivity contribution >= 4 is 11.7 Å². The van der Waals surface area contributed by atoms with Gasteiger partial charge in [0.15, 0.2) is 5.78 Å². The zero-order chi connectivity index (χ0) is 13.2. The number of amides is 1. The van der Waals surface area contributed by atoms with Gasteiger partial charge >= 0.3 is 0 Å². The van der Waals surface area contributed by atoms with Gasteiger partial charge in [-0.1, -0.05) is 20.8 Å². The third-order valence-corrected chi connectivity index (χ3v) is 2.48. The van der Waals surface area contributed by atoms with E-state index in [1.54, 1.807) is 16.0 Å². The van der Waals surface area contributed by atoms with Crippen molar-refractivity contribution in [1.82, 2.24) is 9.80 Å². The van der Waals surface area contributed by atoms with Crippen molar-refractivity contribution in [3.8, 4) is 0 Å². The number of Topliss-reactive ketones (excluding diaryl/α,β-unsaturated/α-hetero) is 1. The highest BCUT2D eigenvalue weighted by Gasteiger charge is 2.31. The fourth-order valence-electron chi connectivity index (χ4n) is 1.87. The summed E-state index contributed by atoms with van der Waals surface area (Å²) in [5.41, 5.74) is 0.365. The molecule has 0 bridgehead atoms. The molecule has 4 heteroatoms. The van der Waals surface area contributed by atoms with E-state index in [4.69, 9.17) is 0 Å². The molecule has 0 aromatic heterocycles. The maximum atomic E-state index is 12.2. The molecule has 4 nitrogen and oxygen atoms in total. The van der Waals surface area contributed by atoms with Crippen LogP contribution in [-0.2, 0) is 9.59 Å². The van der Waals surface area contributed by atoms with Crippen LogP contribution in [0.25, 0.3) is 0 Å². The first-order valence-electron chi connectivity index (χ1n) is 5.91. The monoisotopic (exact) mass is 238 g/mol. The van der Waals surface area contributed by atoms with Crippen molar-refractivity contribution < 1.29 is 9.59 Å². The van der Waals surface area contributed by atoms with E-state index >= 15 is 0 Å². The highest BCUT2D eigenvalue weighted by Crippen LogP contribution is 2.21. The van der Waals surface area contributed by atoms with E-state index in [2.05, 4.69) is 20.8 Å². The number of carbonyl (C=O) groups excluding carboxylic acids is 2. The molecule has 1 fully saturated rings. The van der Waals surface area contributed by atoms with E-state index in [9.17, 15) is 9.59 Å². The third kappa shape index (κ3) is 3.88. The molecule has 0 spiro atoms. The van der Waals surface area contributed by atoms with Gasteiger partial charge in [0, 0.05) is 39.8 Å². The van der Waals surface area contributed by atoms with Crippen molar-refractivity contribution in [3.63, 3.8) is 0 Å². The van der Waals surface area contributed by atoms with Crippen molar-refractivity contribution in [3.05, 3.63) is 11.8 Å². The summed E-state index contributed by atoms with van der Waals surface area (Å²) in [6.45, 7) is 7.49. The largest absolute Gasteiger partial charge is 0.383 e. The van der Waals surface area contributed by atoms with E-state index in [-0.39, 0.29) is 17.1 Å². The summed E-state index contributed by atoms with van der Waals surface area (Å²) in [5, 5.41) is 0. The summed E-state index contributed by atoms with van der Waals surface area (Å²) in [6, 6.07) is 0. The summed E-state index contributed by atoms with van der Waals surface area (Å²) in [7, 11) is 3.63. The third-order valence-electron chi connectivity index (χ3n) is 2.48. The highest BCUT2D eigenvalue weighted by atomic mass is 16.2. The zero-order valence-corrected chi connectivity index (χ0v) is 11.4. The molecule has 0 saturated carbocycles. The van der Waals surface area contributed by atoms with Crippen LogP contribution in [0.3, 0.4) is 0 Å². The molecule has 0 unspecified atom stereocenters. The minimum atomic E-state index is -0.134. The van der Waals surface area contributed by atoms with Crippen LogP contribution < -0.4 is 0 Å². The second kappa shape index (κ2) is 4.90. The molecule has 17 heavy (non-hydrogen) atoms. The number of ketones is 1. The molecule has 0 aromatic carbocycles. The van der Waals surface area contributed by atoms with Gasteiger partial charge < -0.3 is 9.80 Å². The molecule has 1 aliphatic heterocycles. The van der Waals surface area contributed by atoms with E-state index < -0.39 is 0 Å². The highest BCUT2D eigenvalue weighted by molar-refractivity contribution is 6.20. The van der Waals surface area contributed by atoms with E-state index in [1.165, 1.54) is 0 Å². The van der Waals surface area contributed by atoms with Gasteiger partial charge in [-0.05, 0) is 5.41 Å². The van der Waals surface area contributed by atoms with Gasteiger partial charge in [0.2, 0.25) is 0 Å². The number of hydrogen-bond acceptors (Lipinski definition) is 3. The Hall–Kier alpha value is -1.32. The Morgan fingerprint density at radius 1 is 1.29 bits per heavy atom. The lowest BCUT2D eigenvalue weighted by molar-refractivity contribution is -0.134. The van der Waals surface area contributed by atoms with Crippen molar-refractivity contribution in [2.75, 3.05) is 27.2 Å². The number of nitrogens with zero attached hydrogens (tertiary/aromatic N) is 2. The van der Waals surface area contributed by atoms with Crippen LogP contribution >= 0.6 is 0 Å². The number of carbonyl (C=O) groups is 2. The molecule has 0 aromatic rings. The molecule has 0 aliphatic carbocycles. The Morgan fingerprint density at radius 2 is 1.88 bits per heavy atom. The molecule has 1 rings (SSSR count). The fourth-order valence-corrected chi connectivity index (χ4v) is 1.87. The van der Waals surface area contributed by atoms with Crippen molar-refractivity contribution in [2.45, 2.75) is 27.2 Å². The van der Waals surface area contributed by atoms with Crippen LogP contribution in [0.2, 0.25) is 0 Å². The summed E-state index contributed by atoms with van der Waals surface area (Å²) in [6.07, 6.45) is 2.06. The van der Waals surface area contributed by atoms with Crippen LogP contribution in [0.1, 0.15) is 27.2 Å². The van der Waals surface area contributed by atoms with Gasteiger partial charge in [-0.3, -0.25) is 9.59 Å². The van der Waals surface area contributed by atoms with Crippen molar-refractivity contribution in [2.24, 2.45) is 5.41 Å². The lowest BCUT2D eigenvalue weighted by Crippen LogP contribution is -2.45. The SMILES string of the molecule is CN(C)/C=C1\C(=O)CCN(CC(C)(C)C)C1=O. The van der Waals surface area contributed by atoms with E-state index in [1.807, 2.05) is 14.1 Å². The van der Waals surface area contributed by atoms with Crippen molar-refractivity contribution in [1.29, 1.82) is 0 Å². The Balaban J connectivity index is 2.87. The number of hydrogen-bond donors (Lipinski definition) is 0. The Bertz CT molecular complexity index is 351. The Kier molecular flexibility index (Phi) is 3.96. The summed E-state index contributed by atoms with van der Waals surface area (Å²) >= 11 is 0. The lowest BCUT2D eigenvalue weighted by Gasteiger charge is -2.33. The lowest BCUT2D eigenvalue weighted by atomic mass is 9.93. The van der Waals surface area contributed by atoms with Crippen LogP contribution in [0.5, 0.6) is 0 Å². The standard InChI is InChI=1S/C13H22N2O2/c1-13(2,3)9-15-7-6-11(16)10(12(15)17)8-14(4)5/h8H,6-7,9H2,1-5H3/b10-8+. The number of likely N-dealkylation sites (tertiary alicyclic amines) is 1. The first kappa shape index (κ1) is 13.7. The summed E-state index contributed by atoms with van der Waals surface area (Å²) < 4.78 is 0. The van der Waals surface area contributed by atoms with Gasteiger partial charge in [0.25, 0.3) is 5.91 Å². The average Bonchev–Trinajstić information content (AvgIpc) is 2.15. The Morgan fingerprint density at radius 3 is 2.35 bits per heavy atom. The molecule has 0 atom stereocenters. The first-order valence-corrected chi connectivity index (χ1v) is 5.91. The normalized spacial score (nSPS) is 20.1. The number of rotatable bonds is 2. The molecule has 0 N–H and O–H groups in total. The minimum absolute atomic E-state index is 0.0474. The molecule has 96 valence electrons. The van der Waals surface area contributed by atoms with Crippen LogP contribution in [-0.4, -0.2) is 48.7 Å². The topological polar surface area (TPSA) is 40.6 Å². The van der Waals surface area contributed by atoms with Gasteiger partial charge in [0.1, 0.15) is 0 Å². The smallest absolute Gasteiger partial charge is 0.258 e. The van der Waals surface area contributed by atoms with Gasteiger partial charge in [-0.2, -0.15) is 0 Å². The second-order valence-electron chi connectivity index (χ2n) is 5.97. The fraction of sp³-hybridized carbons (Fsp3) is 0.692. The van der Waals surface area contributed by atoms with Crippen LogP contribution in [0.15, 0.2) is 11.8 Å². The second-order valence-corrected chi connectivity index (χ2v) is 5.97. The average molecular weight is 238 g/mol. The maximum absolute atomic E-state index is 12.2. The predicted octanol–water partition coefficient (Wildman–Crippen LogP) is 1.28. The van der Waals surface area contributed by atoms with Gasteiger partial charge in [-0.15, -0.1) is 0 Å². The first-order chi connectivity index (χ1) is 7.70. The molecule has 1 amide bonds. The predicted molar refractivity (Wildman–Crippen MR) is 67.4 cm³/mol. The maximum Gasteiger partial charge on any atom is 0.258 e. The summed E-state index contributed by atoms with van der Waals surface area (Å²) in [4.78, 5) is 27.4. The molecule has 1 aliphatic rings. The van der Waals surface area contributed by atoms with Crippen LogP contribution in [0.4, 0.5) is 0 Å². The molecule has 0 radical (unpaired) electrons. The molecular weight excluding hydrogens is 216 g/mol. The zero-order valence-electron chi connectivity index (χ0n) is 11.4. The van der Waals surface area contributed by atoms with E-state index in [0.717, 1.165) is 0 Å². The molecular formula is C13H22N2O2. The van der Waals surface area contributed by atoms with Crippen LogP contribution in [0, 0.1) is 5.41 Å². The Labute approximate surface area is 103 Å². The van der Waals surface area contributed by atoms with E-state index in [0.29, 0.717) is 25.1 Å². The van der Waals surface area contributed by atoms with Gasteiger partial charge in [-0.25, -0.2) is 0 Å². The quantitative estimate of drug-likeness (QED) is 0.537. The minimum Gasteiger partial charge on any atom is -0.383 e.